The summed E-state index contributed by atoms with van der Waals surface area (Å²) in [5.74, 6) is 1.96. The Balaban J connectivity index is 2.19. The second kappa shape index (κ2) is 7.47. The highest BCUT2D eigenvalue weighted by Gasteiger charge is 2.29. The molecule has 0 N–H and O–H groups in total. The van der Waals surface area contributed by atoms with E-state index in [-0.39, 0.29) is 17.5 Å². The second-order valence-electron chi connectivity index (χ2n) is 6.17. The summed E-state index contributed by atoms with van der Waals surface area (Å²) in [6, 6.07) is 8.32. The number of para-hydroxylation sites is 1. The van der Waals surface area contributed by atoms with Gasteiger partial charge in [-0.05, 0) is 24.8 Å². The van der Waals surface area contributed by atoms with Gasteiger partial charge in [-0.15, -0.1) is 0 Å². The Morgan fingerprint density at radius 3 is 2.68 bits per heavy atom. The Hall–Kier alpha value is -1.07. The van der Waals surface area contributed by atoms with Gasteiger partial charge in [0, 0.05) is 30.4 Å². The van der Waals surface area contributed by atoms with Gasteiger partial charge in [0.25, 0.3) is 0 Å². The molecule has 1 aliphatic rings. The van der Waals surface area contributed by atoms with Crippen molar-refractivity contribution in [1.29, 1.82) is 0 Å². The van der Waals surface area contributed by atoms with Crippen molar-refractivity contribution in [2.24, 2.45) is 5.92 Å². The molecule has 0 spiro atoms. The van der Waals surface area contributed by atoms with Crippen LogP contribution in [0.3, 0.4) is 0 Å². The summed E-state index contributed by atoms with van der Waals surface area (Å²) in [6.07, 6.45) is 2.22. The van der Waals surface area contributed by atoms with E-state index in [4.69, 9.17) is 4.74 Å². The smallest absolute Gasteiger partial charge is 0.151 e. The highest BCUT2D eigenvalue weighted by molar-refractivity contribution is 7.91. The van der Waals surface area contributed by atoms with Crippen LogP contribution in [0, 0.1) is 5.92 Å². The fraction of sp³-hybridized carbons (Fsp3) is 0.647. The number of piperidine rings is 1. The zero-order chi connectivity index (χ0) is 16.2. The molecule has 0 amide bonds. The fourth-order valence-corrected chi connectivity index (χ4v) is 3.99. The molecule has 22 heavy (non-hydrogen) atoms. The van der Waals surface area contributed by atoms with E-state index in [2.05, 4.69) is 17.9 Å². The van der Waals surface area contributed by atoms with Gasteiger partial charge in [0.1, 0.15) is 5.75 Å². The van der Waals surface area contributed by atoms with Crippen LogP contribution in [0.1, 0.15) is 38.3 Å². The van der Waals surface area contributed by atoms with Crippen molar-refractivity contribution < 1.29 is 13.2 Å². The molecule has 0 saturated carbocycles. The molecule has 124 valence electrons. The molecule has 5 heteroatoms. The summed E-state index contributed by atoms with van der Waals surface area (Å²) in [4.78, 5) is 2.32. The predicted octanol–water partition coefficient (Wildman–Crippen LogP) is 2.90. The van der Waals surface area contributed by atoms with Crippen LogP contribution in [0.5, 0.6) is 5.75 Å². The standard InChI is InChI=1S/C17H27NO3S/c1-4-22(19,20)12-11-18-13-14(2)9-10-16(18)15-7-5-6-8-17(15)21-3/h5-8,14,16H,4,9-13H2,1-3H3/t14-,16+/m0/s1. The van der Waals surface area contributed by atoms with Gasteiger partial charge in [-0.25, -0.2) is 8.42 Å². The molecular weight excluding hydrogens is 298 g/mol. The highest BCUT2D eigenvalue weighted by Crippen LogP contribution is 2.37. The predicted molar refractivity (Wildman–Crippen MR) is 90.0 cm³/mol. The third-order valence-corrected chi connectivity index (χ3v) is 6.23. The quantitative estimate of drug-likeness (QED) is 0.807. The first-order valence-electron chi connectivity index (χ1n) is 8.04. The molecule has 0 bridgehead atoms. The largest absolute Gasteiger partial charge is 0.496 e. The van der Waals surface area contributed by atoms with Crippen molar-refractivity contribution in [1.82, 2.24) is 4.90 Å². The minimum absolute atomic E-state index is 0.218. The van der Waals surface area contributed by atoms with Gasteiger partial charge in [-0.1, -0.05) is 32.0 Å². The summed E-state index contributed by atoms with van der Waals surface area (Å²) in [5.41, 5.74) is 1.17. The average molecular weight is 325 g/mol. The molecule has 2 atom stereocenters. The lowest BCUT2D eigenvalue weighted by molar-refractivity contribution is 0.119. The fourth-order valence-electron chi connectivity index (χ4n) is 3.19. The summed E-state index contributed by atoms with van der Waals surface area (Å²) in [5, 5.41) is 0. The lowest BCUT2D eigenvalue weighted by atomic mass is 9.89. The molecule has 0 unspecified atom stereocenters. The van der Waals surface area contributed by atoms with Gasteiger partial charge in [-0.3, -0.25) is 4.90 Å². The Morgan fingerprint density at radius 1 is 1.27 bits per heavy atom. The molecular formula is C17H27NO3S. The van der Waals surface area contributed by atoms with Gasteiger partial charge >= 0.3 is 0 Å². The normalized spacial score (nSPS) is 23.4. The average Bonchev–Trinajstić information content (AvgIpc) is 2.53. The summed E-state index contributed by atoms with van der Waals surface area (Å²) >= 11 is 0. The van der Waals surface area contributed by atoms with Crippen LogP contribution >= 0.6 is 0 Å². The number of methoxy groups -OCH3 is 1. The zero-order valence-corrected chi connectivity index (χ0v) is 14.6. The van der Waals surface area contributed by atoms with Crippen molar-refractivity contribution in [3.05, 3.63) is 29.8 Å². The molecule has 4 nitrogen and oxygen atoms in total. The lowest BCUT2D eigenvalue weighted by Gasteiger charge is -2.39. The maximum absolute atomic E-state index is 11.8. The van der Waals surface area contributed by atoms with E-state index in [0.717, 1.165) is 18.7 Å². The van der Waals surface area contributed by atoms with Gasteiger partial charge in [0.2, 0.25) is 0 Å². The van der Waals surface area contributed by atoms with Gasteiger partial charge in [-0.2, -0.15) is 0 Å². The number of ether oxygens (including phenoxy) is 1. The zero-order valence-electron chi connectivity index (χ0n) is 13.8. The molecule has 1 heterocycles. The monoisotopic (exact) mass is 325 g/mol. The second-order valence-corrected chi connectivity index (χ2v) is 8.64. The molecule has 1 aliphatic heterocycles. The van der Waals surface area contributed by atoms with Crippen LogP contribution in [0.15, 0.2) is 24.3 Å². The maximum Gasteiger partial charge on any atom is 0.151 e. The minimum atomic E-state index is -2.93. The molecule has 0 aromatic heterocycles. The molecule has 1 fully saturated rings. The lowest BCUT2D eigenvalue weighted by Crippen LogP contribution is -2.40. The minimum Gasteiger partial charge on any atom is -0.496 e. The number of hydrogen-bond donors (Lipinski definition) is 0. The topological polar surface area (TPSA) is 46.6 Å². The number of nitrogens with zero attached hydrogens (tertiary/aromatic N) is 1. The van der Waals surface area contributed by atoms with E-state index in [1.165, 1.54) is 12.0 Å². The van der Waals surface area contributed by atoms with E-state index in [1.807, 2.05) is 18.2 Å². The van der Waals surface area contributed by atoms with Crippen LogP contribution in [-0.2, 0) is 9.84 Å². The molecule has 1 saturated heterocycles. The SMILES string of the molecule is CCS(=O)(=O)CCN1C[C@@H](C)CC[C@@H]1c1ccccc1OC. The van der Waals surface area contributed by atoms with Crippen LogP contribution in [0.2, 0.25) is 0 Å². The van der Waals surface area contributed by atoms with Crippen molar-refractivity contribution in [2.45, 2.75) is 32.7 Å². The Labute approximate surface area is 134 Å². The van der Waals surface area contributed by atoms with Crippen molar-refractivity contribution in [3.63, 3.8) is 0 Å². The number of hydrogen-bond acceptors (Lipinski definition) is 4. The molecule has 0 radical (unpaired) electrons. The first-order chi connectivity index (χ1) is 10.5. The van der Waals surface area contributed by atoms with E-state index in [1.54, 1.807) is 14.0 Å². The van der Waals surface area contributed by atoms with Gasteiger partial charge < -0.3 is 4.74 Å². The molecule has 0 aliphatic carbocycles. The Bertz CT molecular complexity index is 585. The van der Waals surface area contributed by atoms with E-state index < -0.39 is 9.84 Å². The van der Waals surface area contributed by atoms with Crippen LogP contribution in [0.4, 0.5) is 0 Å². The Kier molecular flexibility index (Phi) is 5.87. The van der Waals surface area contributed by atoms with E-state index in [0.29, 0.717) is 12.5 Å². The number of sulfone groups is 1. The van der Waals surface area contributed by atoms with Crippen molar-refractivity contribution >= 4 is 9.84 Å². The van der Waals surface area contributed by atoms with Gasteiger partial charge in [0.15, 0.2) is 9.84 Å². The first-order valence-corrected chi connectivity index (χ1v) is 9.86. The molecule has 1 aromatic carbocycles. The molecule has 1 aromatic rings. The highest BCUT2D eigenvalue weighted by atomic mass is 32.2. The number of rotatable bonds is 6. The summed E-state index contributed by atoms with van der Waals surface area (Å²) in [7, 11) is -1.24. The Morgan fingerprint density at radius 2 is 2.00 bits per heavy atom. The van der Waals surface area contributed by atoms with Crippen LogP contribution in [-0.4, -0.2) is 45.0 Å². The third kappa shape index (κ3) is 4.23. The van der Waals surface area contributed by atoms with Crippen molar-refractivity contribution in [2.75, 3.05) is 31.7 Å². The van der Waals surface area contributed by atoms with E-state index >= 15 is 0 Å². The summed E-state index contributed by atoms with van der Waals surface area (Å²) < 4.78 is 29.2. The van der Waals surface area contributed by atoms with Crippen LogP contribution in [0.25, 0.3) is 0 Å². The maximum atomic E-state index is 11.8. The third-order valence-electron chi connectivity index (χ3n) is 4.55. The van der Waals surface area contributed by atoms with Crippen molar-refractivity contribution in [3.8, 4) is 5.75 Å². The van der Waals surface area contributed by atoms with Crippen LogP contribution < -0.4 is 4.74 Å². The summed E-state index contributed by atoms with van der Waals surface area (Å²) in [6.45, 7) is 5.50. The van der Waals surface area contributed by atoms with Gasteiger partial charge in [0.05, 0.1) is 12.9 Å². The molecule has 2 rings (SSSR count). The first kappa shape index (κ1) is 17.3. The van der Waals surface area contributed by atoms with E-state index in [9.17, 15) is 8.42 Å². The number of benzene rings is 1. The number of likely N-dealkylation sites (tertiary alicyclic amines) is 1.